The average molecular weight is 300 g/mol. The van der Waals surface area contributed by atoms with Crippen LogP contribution in [0.4, 0.5) is 0 Å². The molecule has 0 fully saturated rings. The van der Waals surface area contributed by atoms with Crippen LogP contribution >= 0.6 is 34.9 Å². The molecule has 3 nitrogen and oxygen atoms in total. The third-order valence-electron chi connectivity index (χ3n) is 2.28. The van der Waals surface area contributed by atoms with Gasteiger partial charge >= 0.3 is 0 Å². The van der Waals surface area contributed by atoms with Gasteiger partial charge < -0.3 is 5.73 Å². The molecule has 6 heteroatoms. The molecule has 0 saturated heterocycles. The van der Waals surface area contributed by atoms with Crippen LogP contribution in [-0.4, -0.2) is 15.4 Å². The van der Waals surface area contributed by atoms with Gasteiger partial charge in [-0.3, -0.25) is 0 Å². The van der Waals surface area contributed by atoms with Crippen molar-refractivity contribution >= 4 is 34.9 Å². The van der Waals surface area contributed by atoms with Crippen molar-refractivity contribution < 1.29 is 0 Å². The number of rotatable bonds is 4. The smallest absolute Gasteiger partial charge is 0.174 e. The maximum Gasteiger partial charge on any atom is 0.174 e. The second-order valence-corrected chi connectivity index (χ2v) is 6.62. The summed E-state index contributed by atoms with van der Waals surface area (Å²) in [6, 6.07) is 6.01. The third kappa shape index (κ3) is 3.68. The molecule has 1 unspecified atom stereocenters. The van der Waals surface area contributed by atoms with Gasteiger partial charge in [-0.15, -0.1) is 0 Å². The van der Waals surface area contributed by atoms with Crippen LogP contribution in [0.2, 0.25) is 5.02 Å². The Bertz CT molecular complexity index is 540. The molecule has 0 radical (unpaired) electrons. The van der Waals surface area contributed by atoms with Gasteiger partial charge in [-0.1, -0.05) is 29.4 Å². The van der Waals surface area contributed by atoms with E-state index in [9.17, 15) is 0 Å². The topological polar surface area (TPSA) is 51.8 Å². The molecule has 0 saturated carbocycles. The number of nitrogens with two attached hydrogens (primary N) is 1. The number of aryl methyl sites for hydroxylation is 1. The van der Waals surface area contributed by atoms with Crippen LogP contribution < -0.4 is 5.73 Å². The maximum absolute atomic E-state index is 6.05. The Morgan fingerprint density at radius 2 is 2.28 bits per heavy atom. The first-order valence-corrected chi connectivity index (χ1v) is 7.53. The number of halogens is 1. The number of hydrogen-bond donors (Lipinski definition) is 1. The van der Waals surface area contributed by atoms with Crippen molar-refractivity contribution in [2.24, 2.45) is 5.73 Å². The quantitative estimate of drug-likeness (QED) is 0.938. The second-order valence-electron chi connectivity index (χ2n) is 4.14. The van der Waals surface area contributed by atoms with Gasteiger partial charge in [0.1, 0.15) is 5.82 Å². The number of aromatic nitrogens is 2. The molecule has 2 aromatic rings. The Hall–Kier alpha value is -0.620. The monoisotopic (exact) mass is 299 g/mol. The fourth-order valence-corrected chi connectivity index (χ4v) is 3.58. The van der Waals surface area contributed by atoms with Crippen molar-refractivity contribution in [3.63, 3.8) is 0 Å². The predicted molar refractivity (Wildman–Crippen MR) is 77.6 cm³/mol. The molecular weight excluding hydrogens is 286 g/mol. The molecule has 2 rings (SSSR count). The minimum Gasteiger partial charge on any atom is -0.328 e. The van der Waals surface area contributed by atoms with Crippen molar-refractivity contribution in [3.8, 4) is 0 Å². The highest BCUT2D eigenvalue weighted by atomic mass is 35.5. The van der Waals surface area contributed by atoms with E-state index >= 15 is 0 Å². The fourth-order valence-electron chi connectivity index (χ4n) is 1.55. The van der Waals surface area contributed by atoms with Crippen LogP contribution in [0.25, 0.3) is 0 Å². The summed E-state index contributed by atoms with van der Waals surface area (Å²) in [5.41, 5.74) is 7.06. The molecule has 1 atom stereocenters. The van der Waals surface area contributed by atoms with E-state index in [0.29, 0.717) is 0 Å². The highest BCUT2D eigenvalue weighted by molar-refractivity contribution is 8.01. The fraction of sp³-hybridized carbons (Fsp3) is 0.333. The van der Waals surface area contributed by atoms with Crippen LogP contribution in [-0.2, 0) is 6.42 Å². The van der Waals surface area contributed by atoms with Crippen LogP contribution in [0, 0.1) is 6.92 Å². The Morgan fingerprint density at radius 1 is 1.50 bits per heavy atom. The summed E-state index contributed by atoms with van der Waals surface area (Å²) in [7, 11) is 0. The highest BCUT2D eigenvalue weighted by Crippen LogP contribution is 2.33. The molecule has 0 amide bonds. The van der Waals surface area contributed by atoms with Gasteiger partial charge in [0.2, 0.25) is 0 Å². The summed E-state index contributed by atoms with van der Waals surface area (Å²) < 4.78 is 5.11. The lowest BCUT2D eigenvalue weighted by Gasteiger charge is -2.10. The molecule has 1 aromatic heterocycles. The molecular formula is C12H14ClN3S2. The molecule has 2 N–H and O–H groups in total. The predicted octanol–water partition coefficient (Wildman–Crippen LogP) is 3.54. The summed E-state index contributed by atoms with van der Waals surface area (Å²) in [5.74, 6) is 0.804. The van der Waals surface area contributed by atoms with Crippen LogP contribution in [0.5, 0.6) is 0 Å². The summed E-state index contributed by atoms with van der Waals surface area (Å²) in [5, 5.41) is 0.729. The van der Waals surface area contributed by atoms with E-state index in [1.54, 1.807) is 11.8 Å². The molecule has 18 heavy (non-hydrogen) atoms. The highest BCUT2D eigenvalue weighted by Gasteiger charge is 2.10. The summed E-state index contributed by atoms with van der Waals surface area (Å²) in [6.07, 6.45) is 0.831. The lowest BCUT2D eigenvalue weighted by atomic mass is 10.1. The Kier molecular flexibility index (Phi) is 4.61. The van der Waals surface area contributed by atoms with Gasteiger partial charge in [-0.2, -0.15) is 4.37 Å². The van der Waals surface area contributed by atoms with Gasteiger partial charge in [0.05, 0.1) is 0 Å². The van der Waals surface area contributed by atoms with E-state index in [1.165, 1.54) is 17.1 Å². The summed E-state index contributed by atoms with van der Waals surface area (Å²) in [6.45, 7) is 3.89. The molecule has 1 aromatic carbocycles. The normalized spacial score (nSPS) is 12.7. The zero-order valence-corrected chi connectivity index (χ0v) is 12.6. The van der Waals surface area contributed by atoms with Gasteiger partial charge in [0, 0.05) is 16.0 Å². The third-order valence-corrected chi connectivity index (χ3v) is 4.45. The molecule has 0 aliphatic rings. The second kappa shape index (κ2) is 6.02. The van der Waals surface area contributed by atoms with Crippen molar-refractivity contribution in [2.45, 2.75) is 35.5 Å². The van der Waals surface area contributed by atoms with E-state index in [0.717, 1.165) is 26.5 Å². The van der Waals surface area contributed by atoms with Gasteiger partial charge in [-0.25, -0.2) is 4.98 Å². The minimum absolute atomic E-state index is 0.127. The standard InChI is InChI=1S/C12H14ClN3S2/c1-7(14)5-9-3-4-10(13)6-11(9)17-12-15-8(2)16-18-12/h3-4,6-7H,5,14H2,1-2H3. The van der Waals surface area contributed by atoms with E-state index < -0.39 is 0 Å². The zero-order valence-electron chi connectivity index (χ0n) is 10.2. The van der Waals surface area contributed by atoms with E-state index in [-0.39, 0.29) is 6.04 Å². The lowest BCUT2D eigenvalue weighted by Crippen LogP contribution is -2.18. The maximum atomic E-state index is 6.05. The average Bonchev–Trinajstić information content (AvgIpc) is 2.67. The van der Waals surface area contributed by atoms with E-state index in [2.05, 4.69) is 9.36 Å². The van der Waals surface area contributed by atoms with Crippen LogP contribution in [0.1, 0.15) is 18.3 Å². The minimum atomic E-state index is 0.127. The van der Waals surface area contributed by atoms with Crippen molar-refractivity contribution in [3.05, 3.63) is 34.6 Å². The molecule has 0 spiro atoms. The first kappa shape index (κ1) is 13.8. The number of nitrogens with zero attached hydrogens (tertiary/aromatic N) is 2. The lowest BCUT2D eigenvalue weighted by molar-refractivity contribution is 0.729. The molecule has 0 aliphatic carbocycles. The first-order chi connectivity index (χ1) is 8.54. The summed E-state index contributed by atoms with van der Waals surface area (Å²) in [4.78, 5) is 5.46. The SMILES string of the molecule is Cc1nsc(Sc2cc(Cl)ccc2CC(C)N)n1. The van der Waals surface area contributed by atoms with E-state index in [4.69, 9.17) is 17.3 Å². The molecule has 0 bridgehead atoms. The number of hydrogen-bond acceptors (Lipinski definition) is 5. The molecule has 96 valence electrons. The van der Waals surface area contributed by atoms with Crippen molar-refractivity contribution in [2.75, 3.05) is 0 Å². The van der Waals surface area contributed by atoms with Crippen LogP contribution in [0.3, 0.4) is 0 Å². The first-order valence-electron chi connectivity index (χ1n) is 5.57. The van der Waals surface area contributed by atoms with Crippen molar-refractivity contribution in [1.29, 1.82) is 0 Å². The van der Waals surface area contributed by atoms with Gasteiger partial charge in [0.15, 0.2) is 4.34 Å². The Labute approximate surface area is 120 Å². The Balaban J connectivity index is 2.27. The summed E-state index contributed by atoms with van der Waals surface area (Å²) >= 11 is 9.05. The van der Waals surface area contributed by atoms with Crippen molar-refractivity contribution in [1.82, 2.24) is 9.36 Å². The molecule has 1 heterocycles. The molecule has 0 aliphatic heterocycles. The zero-order chi connectivity index (χ0) is 13.1. The Morgan fingerprint density at radius 3 is 2.89 bits per heavy atom. The van der Waals surface area contributed by atoms with Gasteiger partial charge in [-0.05, 0) is 49.5 Å². The van der Waals surface area contributed by atoms with Crippen LogP contribution in [0.15, 0.2) is 27.4 Å². The van der Waals surface area contributed by atoms with Gasteiger partial charge in [0.25, 0.3) is 0 Å². The largest absolute Gasteiger partial charge is 0.328 e. The number of benzene rings is 1. The van der Waals surface area contributed by atoms with E-state index in [1.807, 2.05) is 32.0 Å².